The zero-order valence-corrected chi connectivity index (χ0v) is 9.74. The molecule has 100 valence electrons. The third-order valence-corrected chi connectivity index (χ3v) is 3.01. The van der Waals surface area contributed by atoms with Gasteiger partial charge in [0.15, 0.2) is 6.23 Å². The molecule has 0 unspecified atom stereocenters. The third-order valence-electron chi connectivity index (χ3n) is 3.01. The van der Waals surface area contributed by atoms with Crippen molar-refractivity contribution in [2.75, 3.05) is 13.7 Å². The van der Waals surface area contributed by atoms with Gasteiger partial charge in [0, 0.05) is 12.3 Å². The fraction of sp³-hybridized carbons (Fsp3) is 0.600. The summed E-state index contributed by atoms with van der Waals surface area (Å²) in [7, 11) is 1.62. The van der Waals surface area contributed by atoms with Crippen molar-refractivity contribution in [1.29, 1.82) is 0 Å². The summed E-state index contributed by atoms with van der Waals surface area (Å²) < 4.78 is 6.50. The number of nitrogens with one attached hydrogen (secondary N) is 2. The van der Waals surface area contributed by atoms with Gasteiger partial charge in [0.2, 0.25) is 0 Å². The summed E-state index contributed by atoms with van der Waals surface area (Å²) in [5, 5.41) is 22.0. The van der Waals surface area contributed by atoms with Crippen molar-refractivity contribution < 1.29 is 14.9 Å². The molecule has 1 aliphatic heterocycles. The molecule has 18 heavy (non-hydrogen) atoms. The number of H-pyrrole nitrogens is 1. The quantitative estimate of drug-likeness (QED) is 0.471. The first kappa shape index (κ1) is 13.0. The molecule has 1 fully saturated rings. The lowest BCUT2D eigenvalue weighted by Crippen LogP contribution is -2.44. The number of aromatic nitrogens is 2. The lowest BCUT2D eigenvalue weighted by molar-refractivity contribution is -0.0532. The van der Waals surface area contributed by atoms with Crippen LogP contribution in [0.15, 0.2) is 21.9 Å². The van der Waals surface area contributed by atoms with Crippen LogP contribution in [0.25, 0.3) is 0 Å². The fourth-order valence-electron chi connectivity index (χ4n) is 2.11. The molecule has 2 heterocycles. The molecule has 1 aromatic heterocycles. The number of aliphatic hydroxyl groups excluding tert-OH is 2. The van der Waals surface area contributed by atoms with Gasteiger partial charge in [-0.15, -0.1) is 0 Å². The molecule has 1 aliphatic rings. The molecule has 0 amide bonds. The predicted molar refractivity (Wildman–Crippen MR) is 61.2 cm³/mol. The highest BCUT2D eigenvalue weighted by Crippen LogP contribution is 2.27. The minimum Gasteiger partial charge on any atom is -0.394 e. The van der Waals surface area contributed by atoms with Gasteiger partial charge in [-0.2, -0.15) is 0 Å². The highest BCUT2D eigenvalue weighted by atomic mass is 16.5. The number of hydrogen-bond donors (Lipinski definition) is 4. The molecular formula is C10H15N3O5. The van der Waals surface area contributed by atoms with E-state index in [9.17, 15) is 14.7 Å². The molecule has 2 rings (SSSR count). The zero-order valence-electron chi connectivity index (χ0n) is 9.74. The van der Waals surface area contributed by atoms with Gasteiger partial charge in [-0.1, -0.05) is 0 Å². The maximum atomic E-state index is 11.6. The van der Waals surface area contributed by atoms with E-state index in [1.165, 1.54) is 6.20 Å². The van der Waals surface area contributed by atoms with E-state index < -0.39 is 35.7 Å². The monoisotopic (exact) mass is 257 g/mol. The van der Waals surface area contributed by atoms with Crippen LogP contribution >= 0.6 is 0 Å². The van der Waals surface area contributed by atoms with Crippen LogP contribution in [0.2, 0.25) is 0 Å². The first-order valence-corrected chi connectivity index (χ1v) is 5.51. The van der Waals surface area contributed by atoms with Crippen LogP contribution in [0.3, 0.4) is 0 Å². The number of ether oxygens (including phenoxy) is 1. The molecular weight excluding hydrogens is 242 g/mol. The number of aromatic amines is 1. The second-order valence-corrected chi connectivity index (χ2v) is 4.07. The van der Waals surface area contributed by atoms with Gasteiger partial charge in [-0.3, -0.25) is 14.3 Å². The summed E-state index contributed by atoms with van der Waals surface area (Å²) in [6.07, 6.45) is -1.31. The molecule has 0 bridgehead atoms. The van der Waals surface area contributed by atoms with Gasteiger partial charge in [-0.05, 0) is 7.05 Å². The molecule has 8 heteroatoms. The van der Waals surface area contributed by atoms with Gasteiger partial charge < -0.3 is 20.3 Å². The normalized spacial score (nSPS) is 31.7. The van der Waals surface area contributed by atoms with Crippen LogP contribution in [0, 0.1) is 0 Å². The Morgan fingerprint density at radius 1 is 1.56 bits per heavy atom. The summed E-state index contributed by atoms with van der Waals surface area (Å²) in [5.74, 6) is 0. The van der Waals surface area contributed by atoms with Gasteiger partial charge in [0.05, 0.1) is 12.6 Å². The number of likely N-dealkylation sites (N-methyl/N-ethyl adjacent to an activating group) is 1. The lowest BCUT2D eigenvalue weighted by Gasteiger charge is -2.18. The highest BCUT2D eigenvalue weighted by molar-refractivity contribution is 4.95. The first-order chi connectivity index (χ1) is 8.58. The predicted octanol–water partition coefficient (Wildman–Crippen LogP) is -2.62. The van der Waals surface area contributed by atoms with E-state index >= 15 is 0 Å². The van der Waals surface area contributed by atoms with E-state index in [1.807, 2.05) is 0 Å². The SMILES string of the molecule is CN[C@H]1[C@H](O)[C@H](n2ccc(=O)[nH]c2=O)O[C@@H]1CO. The number of rotatable bonds is 3. The molecule has 0 saturated carbocycles. The highest BCUT2D eigenvalue weighted by Gasteiger charge is 2.43. The molecule has 4 atom stereocenters. The average Bonchev–Trinajstić information content (AvgIpc) is 2.66. The van der Waals surface area contributed by atoms with E-state index in [1.54, 1.807) is 7.05 Å². The molecule has 0 radical (unpaired) electrons. The maximum absolute atomic E-state index is 11.6. The molecule has 4 N–H and O–H groups in total. The van der Waals surface area contributed by atoms with E-state index in [0.29, 0.717) is 0 Å². The van der Waals surface area contributed by atoms with Crippen molar-refractivity contribution in [2.24, 2.45) is 0 Å². The van der Waals surface area contributed by atoms with Gasteiger partial charge >= 0.3 is 5.69 Å². The Bertz CT molecular complexity index is 525. The van der Waals surface area contributed by atoms with E-state index in [2.05, 4.69) is 10.3 Å². The maximum Gasteiger partial charge on any atom is 0.330 e. The van der Waals surface area contributed by atoms with E-state index in [-0.39, 0.29) is 6.61 Å². The second kappa shape index (κ2) is 5.02. The Hall–Kier alpha value is -1.48. The summed E-state index contributed by atoms with van der Waals surface area (Å²) >= 11 is 0. The Balaban J connectivity index is 2.34. The summed E-state index contributed by atoms with van der Waals surface area (Å²) in [5.41, 5.74) is -1.19. The zero-order chi connectivity index (χ0) is 13.3. The van der Waals surface area contributed by atoms with Crippen molar-refractivity contribution in [1.82, 2.24) is 14.9 Å². The van der Waals surface area contributed by atoms with Crippen molar-refractivity contribution in [2.45, 2.75) is 24.5 Å². The Labute approximate surface area is 102 Å². The first-order valence-electron chi connectivity index (χ1n) is 5.51. The van der Waals surface area contributed by atoms with E-state index in [0.717, 1.165) is 10.6 Å². The van der Waals surface area contributed by atoms with Gasteiger partial charge in [0.25, 0.3) is 5.56 Å². The molecule has 1 aromatic rings. The van der Waals surface area contributed by atoms with Crippen molar-refractivity contribution in [3.8, 4) is 0 Å². The molecule has 0 spiro atoms. The standard InChI is InChI=1S/C10H15N3O5/c1-11-7-5(4-14)18-9(8(7)16)13-3-2-6(15)12-10(13)17/h2-3,5,7-9,11,14,16H,4H2,1H3,(H,12,15,17)/t5-,7-,8+,9-/m1/s1. The summed E-state index contributed by atoms with van der Waals surface area (Å²) in [6.45, 7) is -0.281. The minimum atomic E-state index is -1.00. The van der Waals surface area contributed by atoms with Crippen LogP contribution in [0.5, 0.6) is 0 Å². The topological polar surface area (TPSA) is 117 Å². The third kappa shape index (κ3) is 2.10. The van der Waals surface area contributed by atoms with Crippen molar-refractivity contribution in [3.05, 3.63) is 33.1 Å². The fourth-order valence-corrected chi connectivity index (χ4v) is 2.11. The van der Waals surface area contributed by atoms with Crippen molar-refractivity contribution >= 4 is 0 Å². The van der Waals surface area contributed by atoms with Crippen LogP contribution < -0.4 is 16.6 Å². The van der Waals surface area contributed by atoms with Crippen LogP contribution in [-0.2, 0) is 4.74 Å². The van der Waals surface area contributed by atoms with Gasteiger partial charge in [0.1, 0.15) is 12.2 Å². The molecule has 1 saturated heterocycles. The van der Waals surface area contributed by atoms with E-state index in [4.69, 9.17) is 9.84 Å². The minimum absolute atomic E-state index is 0.281. The molecule has 0 aliphatic carbocycles. The number of nitrogens with zero attached hydrogens (tertiary/aromatic N) is 1. The van der Waals surface area contributed by atoms with Crippen molar-refractivity contribution in [3.63, 3.8) is 0 Å². The van der Waals surface area contributed by atoms with Crippen LogP contribution in [0.4, 0.5) is 0 Å². The largest absolute Gasteiger partial charge is 0.394 e. The number of hydrogen-bond acceptors (Lipinski definition) is 6. The number of aliphatic hydroxyl groups is 2. The molecule has 8 nitrogen and oxygen atoms in total. The Morgan fingerprint density at radius 2 is 2.28 bits per heavy atom. The lowest BCUT2D eigenvalue weighted by atomic mass is 10.1. The molecule has 0 aromatic carbocycles. The average molecular weight is 257 g/mol. The van der Waals surface area contributed by atoms with Gasteiger partial charge in [-0.25, -0.2) is 4.79 Å². The Morgan fingerprint density at radius 3 is 2.78 bits per heavy atom. The smallest absolute Gasteiger partial charge is 0.330 e. The second-order valence-electron chi connectivity index (χ2n) is 4.07. The van der Waals surface area contributed by atoms with Crippen LogP contribution in [0.1, 0.15) is 6.23 Å². The van der Waals surface area contributed by atoms with Crippen LogP contribution in [-0.4, -0.2) is 51.7 Å². The Kier molecular flexibility index (Phi) is 3.62. The summed E-state index contributed by atoms with van der Waals surface area (Å²) in [4.78, 5) is 24.6. The summed E-state index contributed by atoms with van der Waals surface area (Å²) in [6, 6.07) is 0.678.